The van der Waals surface area contributed by atoms with Crippen molar-refractivity contribution in [3.05, 3.63) is 84.9 Å². The third-order valence-corrected chi connectivity index (χ3v) is 6.13. The normalized spacial score (nSPS) is 19.6. The predicted octanol–water partition coefficient (Wildman–Crippen LogP) is 4.18. The fraction of sp³-hybridized carbons (Fsp3) is 0.261. The molecule has 0 radical (unpaired) electrons. The third-order valence-electron chi connectivity index (χ3n) is 5.80. The van der Waals surface area contributed by atoms with E-state index in [1.807, 2.05) is 32.0 Å². The lowest BCUT2D eigenvalue weighted by Crippen LogP contribution is -2.38. The van der Waals surface area contributed by atoms with E-state index in [0.29, 0.717) is 52.0 Å². The van der Waals surface area contributed by atoms with Gasteiger partial charge >= 0.3 is 5.69 Å². The molecular formula is C23H20ClN3O4. The van der Waals surface area contributed by atoms with Gasteiger partial charge in [0.2, 0.25) is 0 Å². The van der Waals surface area contributed by atoms with Crippen molar-refractivity contribution in [1.29, 1.82) is 0 Å². The van der Waals surface area contributed by atoms with Crippen molar-refractivity contribution in [2.45, 2.75) is 32.6 Å². The highest BCUT2D eigenvalue weighted by Crippen LogP contribution is 2.48. The molecule has 1 aromatic carbocycles. The van der Waals surface area contributed by atoms with Crippen molar-refractivity contribution in [3.8, 4) is 11.3 Å². The van der Waals surface area contributed by atoms with Crippen LogP contribution in [-0.2, 0) is 4.79 Å². The number of furan rings is 1. The number of benzene rings is 1. The molecule has 3 N–H and O–H groups in total. The number of Topliss-reactive ketones (excluding diaryl/α,β-unsaturated/α-hetero) is 1. The van der Waals surface area contributed by atoms with E-state index in [2.05, 4.69) is 15.3 Å². The molecule has 0 fully saturated rings. The number of carbonyl (C=O) groups is 1. The molecule has 3 aromatic rings. The fourth-order valence-electron chi connectivity index (χ4n) is 4.54. The van der Waals surface area contributed by atoms with Gasteiger partial charge in [0, 0.05) is 23.3 Å². The van der Waals surface area contributed by atoms with Crippen LogP contribution in [0.25, 0.3) is 11.3 Å². The minimum absolute atomic E-state index is 0.0457. The monoisotopic (exact) mass is 437 g/mol. The van der Waals surface area contributed by atoms with Crippen molar-refractivity contribution >= 4 is 23.2 Å². The van der Waals surface area contributed by atoms with Crippen molar-refractivity contribution in [1.82, 2.24) is 9.97 Å². The van der Waals surface area contributed by atoms with Gasteiger partial charge in [-0.1, -0.05) is 37.6 Å². The minimum atomic E-state index is -0.730. The summed E-state index contributed by atoms with van der Waals surface area (Å²) in [5, 5.41) is 3.67. The largest absolute Gasteiger partial charge is 0.460 e. The molecule has 0 saturated carbocycles. The number of anilines is 1. The van der Waals surface area contributed by atoms with Crippen LogP contribution < -0.4 is 16.6 Å². The number of aromatic amines is 2. The highest BCUT2D eigenvalue weighted by Gasteiger charge is 2.43. The Morgan fingerprint density at radius 2 is 1.81 bits per heavy atom. The number of halogens is 1. The standard InChI is InChI=1S/C23H20ClN3O4/c1-23(2)9-13-17(14(28)10-23)18(19-20(25-13)26-22(30)27-21(19)29)16-8-7-15(31-16)11-5-3-4-6-12(11)24/h3-8,18H,9-10H2,1-2H3,(H3,25,26,27,29,30). The van der Waals surface area contributed by atoms with Crippen LogP contribution in [0.4, 0.5) is 5.82 Å². The van der Waals surface area contributed by atoms with Crippen LogP contribution in [-0.4, -0.2) is 15.8 Å². The van der Waals surface area contributed by atoms with Crippen LogP contribution in [0.1, 0.15) is 43.9 Å². The van der Waals surface area contributed by atoms with Crippen molar-refractivity contribution < 1.29 is 9.21 Å². The maximum absolute atomic E-state index is 13.2. The Kier molecular flexibility index (Phi) is 4.34. The number of carbonyl (C=O) groups excluding carboxylic acids is 1. The van der Waals surface area contributed by atoms with Gasteiger partial charge in [-0.15, -0.1) is 0 Å². The average Bonchev–Trinajstić information content (AvgIpc) is 3.15. The first-order valence-electron chi connectivity index (χ1n) is 9.98. The number of ketones is 1. The maximum Gasteiger partial charge on any atom is 0.327 e. The zero-order chi connectivity index (χ0) is 21.9. The summed E-state index contributed by atoms with van der Waals surface area (Å²) in [4.78, 5) is 42.8. The molecule has 158 valence electrons. The molecule has 0 saturated heterocycles. The van der Waals surface area contributed by atoms with E-state index in [-0.39, 0.29) is 16.8 Å². The van der Waals surface area contributed by atoms with Crippen LogP contribution in [0.2, 0.25) is 5.02 Å². The van der Waals surface area contributed by atoms with E-state index in [4.69, 9.17) is 16.0 Å². The predicted molar refractivity (Wildman–Crippen MR) is 117 cm³/mol. The van der Waals surface area contributed by atoms with Gasteiger partial charge in [0.05, 0.1) is 16.5 Å². The van der Waals surface area contributed by atoms with Gasteiger partial charge in [-0.05, 0) is 36.1 Å². The lowest BCUT2D eigenvalue weighted by Gasteiger charge is -2.37. The Bertz CT molecular complexity index is 1380. The molecule has 5 rings (SSSR count). The van der Waals surface area contributed by atoms with Crippen LogP contribution in [0.3, 0.4) is 0 Å². The summed E-state index contributed by atoms with van der Waals surface area (Å²) in [6.07, 6.45) is 0.968. The summed E-state index contributed by atoms with van der Waals surface area (Å²) in [7, 11) is 0. The second-order valence-corrected chi connectivity index (χ2v) is 9.18. The quantitative estimate of drug-likeness (QED) is 0.557. The lowest BCUT2D eigenvalue weighted by molar-refractivity contribution is -0.118. The smallest absolute Gasteiger partial charge is 0.327 e. The number of rotatable bonds is 2. The molecule has 1 aliphatic heterocycles. The maximum atomic E-state index is 13.2. The molecule has 0 bridgehead atoms. The van der Waals surface area contributed by atoms with Gasteiger partial charge in [0.25, 0.3) is 5.56 Å². The Morgan fingerprint density at radius 1 is 1.03 bits per heavy atom. The second-order valence-electron chi connectivity index (χ2n) is 8.77. The molecule has 7 nitrogen and oxygen atoms in total. The molecule has 31 heavy (non-hydrogen) atoms. The van der Waals surface area contributed by atoms with Crippen LogP contribution in [0.5, 0.6) is 0 Å². The van der Waals surface area contributed by atoms with E-state index in [0.717, 1.165) is 0 Å². The van der Waals surface area contributed by atoms with Crippen molar-refractivity contribution in [2.75, 3.05) is 5.32 Å². The topological polar surface area (TPSA) is 108 Å². The summed E-state index contributed by atoms with van der Waals surface area (Å²) in [5.74, 6) is 0.490. The Labute approximate surface area is 182 Å². The molecule has 2 aliphatic rings. The van der Waals surface area contributed by atoms with Gasteiger partial charge in [0.15, 0.2) is 5.78 Å². The fourth-order valence-corrected chi connectivity index (χ4v) is 4.77. The van der Waals surface area contributed by atoms with E-state index in [9.17, 15) is 14.4 Å². The molecule has 0 spiro atoms. The Morgan fingerprint density at radius 3 is 2.58 bits per heavy atom. The molecule has 1 aliphatic carbocycles. The zero-order valence-electron chi connectivity index (χ0n) is 17.0. The number of aromatic nitrogens is 2. The molecule has 3 heterocycles. The summed E-state index contributed by atoms with van der Waals surface area (Å²) in [5.41, 5.74) is 0.767. The number of fused-ring (bicyclic) bond motifs is 1. The minimum Gasteiger partial charge on any atom is -0.460 e. The SMILES string of the molecule is CC1(C)CC(=O)C2=C(C1)Nc1[nH]c(=O)[nH]c(=O)c1C2c1ccc(-c2ccccc2Cl)o1. The third kappa shape index (κ3) is 3.25. The summed E-state index contributed by atoms with van der Waals surface area (Å²) in [6, 6.07) is 10.8. The highest BCUT2D eigenvalue weighted by molar-refractivity contribution is 6.33. The van der Waals surface area contributed by atoms with Crippen LogP contribution in [0, 0.1) is 5.41 Å². The van der Waals surface area contributed by atoms with E-state index in [1.54, 1.807) is 18.2 Å². The van der Waals surface area contributed by atoms with Gasteiger partial charge in [0.1, 0.15) is 17.3 Å². The number of hydrogen-bond donors (Lipinski definition) is 3. The molecule has 2 aromatic heterocycles. The first kappa shape index (κ1) is 19.6. The van der Waals surface area contributed by atoms with E-state index in [1.165, 1.54) is 0 Å². The molecule has 1 unspecified atom stereocenters. The molecule has 1 atom stereocenters. The number of allylic oxidation sites excluding steroid dienone is 2. The number of hydrogen-bond acceptors (Lipinski definition) is 5. The van der Waals surface area contributed by atoms with Crippen molar-refractivity contribution in [3.63, 3.8) is 0 Å². The second kappa shape index (κ2) is 6.85. The van der Waals surface area contributed by atoms with Gasteiger partial charge in [-0.25, -0.2) is 4.79 Å². The van der Waals surface area contributed by atoms with Crippen molar-refractivity contribution in [2.24, 2.45) is 5.41 Å². The molecule has 8 heteroatoms. The summed E-state index contributed by atoms with van der Waals surface area (Å²) >= 11 is 6.31. The van der Waals surface area contributed by atoms with E-state index >= 15 is 0 Å². The van der Waals surface area contributed by atoms with Crippen LogP contribution in [0.15, 0.2) is 61.7 Å². The number of H-pyrrole nitrogens is 2. The lowest BCUT2D eigenvalue weighted by atomic mass is 9.70. The van der Waals surface area contributed by atoms with Gasteiger partial charge in [-0.2, -0.15) is 0 Å². The Hall–Kier alpha value is -3.32. The first-order valence-corrected chi connectivity index (χ1v) is 10.4. The highest BCUT2D eigenvalue weighted by atomic mass is 35.5. The summed E-state index contributed by atoms with van der Waals surface area (Å²) < 4.78 is 6.14. The van der Waals surface area contributed by atoms with Gasteiger partial charge < -0.3 is 9.73 Å². The Balaban J connectivity index is 1.72. The molecule has 0 amide bonds. The van der Waals surface area contributed by atoms with Crippen LogP contribution >= 0.6 is 11.6 Å². The summed E-state index contributed by atoms with van der Waals surface area (Å²) in [6.45, 7) is 4.04. The van der Waals surface area contributed by atoms with E-state index < -0.39 is 17.2 Å². The number of nitrogens with one attached hydrogen (secondary N) is 3. The average molecular weight is 438 g/mol. The first-order chi connectivity index (χ1) is 14.7. The zero-order valence-corrected chi connectivity index (χ0v) is 17.7. The van der Waals surface area contributed by atoms with Gasteiger partial charge in [-0.3, -0.25) is 19.6 Å². The molecular weight excluding hydrogens is 418 g/mol.